The second kappa shape index (κ2) is 5.68. The zero-order valence-electron chi connectivity index (χ0n) is 13.8. The molecule has 0 unspecified atom stereocenters. The van der Waals surface area contributed by atoms with Gasteiger partial charge in [-0.05, 0) is 29.8 Å². The minimum atomic E-state index is -0.294. The number of hydrogen-bond acceptors (Lipinski definition) is 5. The molecule has 4 N–H and O–H groups in total. The lowest BCUT2D eigenvalue weighted by molar-refractivity contribution is 0.906. The van der Waals surface area contributed by atoms with Crippen LogP contribution >= 0.6 is 11.6 Å². The smallest absolute Gasteiger partial charge is 0.274 e. The molecule has 0 saturated heterocycles. The van der Waals surface area contributed by atoms with E-state index in [0.29, 0.717) is 27.6 Å². The van der Waals surface area contributed by atoms with E-state index in [4.69, 9.17) is 17.3 Å². The number of nitrogens with two attached hydrogens (primary N) is 1. The van der Waals surface area contributed by atoms with Crippen LogP contribution in [0.5, 0.6) is 0 Å². The summed E-state index contributed by atoms with van der Waals surface area (Å²) in [6.07, 6.45) is 3.25. The molecule has 0 fully saturated rings. The van der Waals surface area contributed by atoms with E-state index < -0.39 is 0 Å². The second-order valence-corrected chi connectivity index (χ2v) is 6.51. The number of hydrogen-bond donors (Lipinski definition) is 3. The summed E-state index contributed by atoms with van der Waals surface area (Å²) in [4.78, 5) is 20.2. The molecule has 0 bridgehead atoms. The van der Waals surface area contributed by atoms with Gasteiger partial charge in [-0.2, -0.15) is 9.61 Å². The van der Waals surface area contributed by atoms with Gasteiger partial charge >= 0.3 is 0 Å². The van der Waals surface area contributed by atoms with Crippen LogP contribution in [-0.4, -0.2) is 29.8 Å². The molecule has 8 nitrogen and oxygen atoms in total. The predicted octanol–water partition coefficient (Wildman–Crippen LogP) is 2.86. The van der Waals surface area contributed by atoms with E-state index in [1.807, 2.05) is 18.2 Å². The Labute approximate surface area is 156 Å². The van der Waals surface area contributed by atoms with E-state index in [1.165, 1.54) is 16.8 Å². The molecule has 0 aliphatic carbocycles. The first-order valence-corrected chi connectivity index (χ1v) is 8.45. The highest BCUT2D eigenvalue weighted by Crippen LogP contribution is 2.29. The number of nitrogens with zero attached hydrogens (tertiary/aromatic N) is 4. The molecule has 5 rings (SSSR count). The Morgan fingerprint density at radius 1 is 1.11 bits per heavy atom. The highest BCUT2D eigenvalue weighted by Gasteiger charge is 2.17. The Kier molecular flexibility index (Phi) is 3.28. The maximum Gasteiger partial charge on any atom is 0.274 e. The molecular formula is C18H12ClN7O. The first kappa shape index (κ1) is 15.6. The molecule has 0 aliphatic rings. The number of nitrogens with one attached hydrogen (secondary N) is 2. The fourth-order valence-corrected chi connectivity index (χ4v) is 3.21. The molecule has 4 aromatic heterocycles. The molecule has 1 aromatic carbocycles. The highest BCUT2D eigenvalue weighted by atomic mass is 35.5. The standard InChI is InChI=1S/C18H12ClN7O/c19-11-2-4-13(21-8-11)16-17(20)25-26-15(27)6-14(23-18(16)26)9-1-3-12-10(5-9)7-22-24-12/h1-8,23H,(H2,20,25)(H,22,24). The maximum absolute atomic E-state index is 12.6. The zero-order valence-corrected chi connectivity index (χ0v) is 14.5. The number of aromatic nitrogens is 6. The SMILES string of the molecule is Nc1nn2c(=O)cc(-c3ccc4[nH]ncc4c3)[nH]c2c1-c1ccc(Cl)cn1. The minimum Gasteiger partial charge on any atom is -0.382 e. The molecule has 0 aliphatic heterocycles. The van der Waals surface area contributed by atoms with Crippen molar-refractivity contribution in [1.82, 2.24) is 29.8 Å². The van der Waals surface area contributed by atoms with Crippen LogP contribution in [0.2, 0.25) is 5.02 Å². The molecular weight excluding hydrogens is 366 g/mol. The van der Waals surface area contributed by atoms with Gasteiger partial charge < -0.3 is 10.7 Å². The molecule has 9 heteroatoms. The van der Waals surface area contributed by atoms with Crippen molar-refractivity contribution in [2.75, 3.05) is 5.73 Å². The van der Waals surface area contributed by atoms with Crippen molar-refractivity contribution in [2.45, 2.75) is 0 Å². The van der Waals surface area contributed by atoms with Crippen LogP contribution in [-0.2, 0) is 0 Å². The molecule has 0 radical (unpaired) electrons. The molecule has 27 heavy (non-hydrogen) atoms. The number of pyridine rings is 1. The predicted molar refractivity (Wildman–Crippen MR) is 104 cm³/mol. The summed E-state index contributed by atoms with van der Waals surface area (Å²) in [6, 6.07) is 10.7. The quantitative estimate of drug-likeness (QED) is 0.437. The number of nitrogen functional groups attached to an aromatic ring is 1. The fourth-order valence-electron chi connectivity index (χ4n) is 3.10. The van der Waals surface area contributed by atoms with Gasteiger partial charge in [0.25, 0.3) is 5.56 Å². The third kappa shape index (κ3) is 2.46. The summed E-state index contributed by atoms with van der Waals surface area (Å²) in [5.74, 6) is 0.209. The average molecular weight is 378 g/mol. The lowest BCUT2D eigenvalue weighted by Crippen LogP contribution is -2.14. The van der Waals surface area contributed by atoms with Gasteiger partial charge in [0.2, 0.25) is 0 Å². The molecule has 0 saturated carbocycles. The van der Waals surface area contributed by atoms with Gasteiger partial charge in [0.05, 0.1) is 33.7 Å². The number of aromatic amines is 2. The van der Waals surface area contributed by atoms with E-state index in [2.05, 4.69) is 25.3 Å². The first-order chi connectivity index (χ1) is 13.1. The van der Waals surface area contributed by atoms with Crippen LogP contribution < -0.4 is 11.3 Å². The van der Waals surface area contributed by atoms with E-state index in [0.717, 1.165) is 16.5 Å². The average Bonchev–Trinajstić information content (AvgIpc) is 3.26. The maximum atomic E-state index is 12.6. The van der Waals surface area contributed by atoms with Crippen molar-refractivity contribution in [3.8, 4) is 22.5 Å². The lowest BCUT2D eigenvalue weighted by atomic mass is 10.1. The topological polar surface area (TPSA) is 118 Å². The van der Waals surface area contributed by atoms with Crippen LogP contribution in [0, 0.1) is 0 Å². The summed E-state index contributed by atoms with van der Waals surface area (Å²) in [5, 5.41) is 12.5. The number of rotatable bonds is 2. The number of benzene rings is 1. The largest absolute Gasteiger partial charge is 0.382 e. The summed E-state index contributed by atoms with van der Waals surface area (Å²) in [7, 11) is 0. The molecule has 0 spiro atoms. The second-order valence-electron chi connectivity index (χ2n) is 6.08. The van der Waals surface area contributed by atoms with E-state index in [9.17, 15) is 4.79 Å². The van der Waals surface area contributed by atoms with Crippen LogP contribution in [0.15, 0.2) is 53.6 Å². The van der Waals surface area contributed by atoms with Crippen molar-refractivity contribution in [3.05, 3.63) is 64.2 Å². The van der Waals surface area contributed by atoms with Gasteiger partial charge in [-0.3, -0.25) is 14.9 Å². The van der Waals surface area contributed by atoms with E-state index >= 15 is 0 Å². The summed E-state index contributed by atoms with van der Waals surface area (Å²) < 4.78 is 1.24. The van der Waals surface area contributed by atoms with Crippen LogP contribution in [0.1, 0.15) is 0 Å². The van der Waals surface area contributed by atoms with Crippen molar-refractivity contribution >= 4 is 34.0 Å². The Morgan fingerprint density at radius 2 is 2.00 bits per heavy atom. The molecule has 132 valence electrons. The van der Waals surface area contributed by atoms with Gasteiger partial charge in [-0.25, -0.2) is 0 Å². The Bertz CT molecular complexity index is 1360. The zero-order chi connectivity index (χ0) is 18.5. The Morgan fingerprint density at radius 3 is 2.81 bits per heavy atom. The minimum absolute atomic E-state index is 0.209. The summed E-state index contributed by atoms with van der Waals surface area (Å²) in [6.45, 7) is 0. The van der Waals surface area contributed by atoms with Crippen molar-refractivity contribution < 1.29 is 0 Å². The monoisotopic (exact) mass is 377 g/mol. The van der Waals surface area contributed by atoms with Gasteiger partial charge in [-0.1, -0.05) is 17.7 Å². The molecule has 5 aromatic rings. The van der Waals surface area contributed by atoms with E-state index in [-0.39, 0.29) is 11.4 Å². The summed E-state index contributed by atoms with van der Waals surface area (Å²) >= 11 is 5.92. The van der Waals surface area contributed by atoms with Gasteiger partial charge in [0.15, 0.2) is 5.82 Å². The highest BCUT2D eigenvalue weighted by molar-refractivity contribution is 6.30. The van der Waals surface area contributed by atoms with Crippen LogP contribution in [0.3, 0.4) is 0 Å². The Hall–Kier alpha value is -3.65. The van der Waals surface area contributed by atoms with Crippen molar-refractivity contribution in [1.29, 1.82) is 0 Å². The van der Waals surface area contributed by atoms with Gasteiger partial charge in [0, 0.05) is 17.6 Å². The molecule has 0 atom stereocenters. The van der Waals surface area contributed by atoms with Gasteiger partial charge in [-0.15, -0.1) is 5.10 Å². The van der Waals surface area contributed by atoms with Crippen LogP contribution in [0.4, 0.5) is 5.82 Å². The van der Waals surface area contributed by atoms with Crippen molar-refractivity contribution in [3.63, 3.8) is 0 Å². The fraction of sp³-hybridized carbons (Fsp3) is 0. The summed E-state index contributed by atoms with van der Waals surface area (Å²) in [5.41, 5.74) is 9.77. The third-order valence-electron chi connectivity index (χ3n) is 4.38. The first-order valence-electron chi connectivity index (χ1n) is 8.07. The third-order valence-corrected chi connectivity index (χ3v) is 4.60. The number of H-pyrrole nitrogens is 2. The van der Waals surface area contributed by atoms with E-state index in [1.54, 1.807) is 18.3 Å². The normalized spacial score (nSPS) is 11.4. The lowest BCUT2D eigenvalue weighted by Gasteiger charge is -2.05. The number of halogens is 1. The van der Waals surface area contributed by atoms with Gasteiger partial charge in [0.1, 0.15) is 5.65 Å². The number of fused-ring (bicyclic) bond motifs is 2. The Balaban J connectivity index is 1.77. The van der Waals surface area contributed by atoms with Crippen LogP contribution in [0.25, 0.3) is 39.1 Å². The number of anilines is 1. The molecule has 4 heterocycles. The van der Waals surface area contributed by atoms with Crippen molar-refractivity contribution in [2.24, 2.45) is 0 Å². The molecule has 0 amide bonds.